The average molecular weight is 229 g/mol. The molecule has 0 aromatic heterocycles. The molecule has 0 bridgehead atoms. The molecular weight excluding hydrogens is 210 g/mol. The maximum atomic E-state index is 9.50. The molecule has 90 valence electrons. The second kappa shape index (κ2) is 5.25. The van der Waals surface area contributed by atoms with Crippen molar-refractivity contribution in [2.45, 2.75) is 44.7 Å². The molecule has 2 atom stereocenters. The Morgan fingerprint density at radius 1 is 1.59 bits per heavy atom. The van der Waals surface area contributed by atoms with Crippen molar-refractivity contribution in [3.05, 3.63) is 29.3 Å². The van der Waals surface area contributed by atoms with Crippen LogP contribution in [0.2, 0.25) is 0 Å². The van der Waals surface area contributed by atoms with Gasteiger partial charge in [0.15, 0.2) is 0 Å². The Morgan fingerprint density at radius 2 is 2.41 bits per heavy atom. The molecule has 1 aromatic carbocycles. The number of hydrogen-bond acceptors (Lipinski definition) is 2. The molecule has 1 aliphatic carbocycles. The summed E-state index contributed by atoms with van der Waals surface area (Å²) < 4.78 is 0. The summed E-state index contributed by atoms with van der Waals surface area (Å²) in [6, 6.07) is 6.13. The normalized spacial score (nSPS) is 20.4. The van der Waals surface area contributed by atoms with Crippen LogP contribution in [0.5, 0.6) is 5.75 Å². The van der Waals surface area contributed by atoms with E-state index in [0.29, 0.717) is 11.8 Å². The number of phenols is 1. The van der Waals surface area contributed by atoms with Gasteiger partial charge in [-0.25, -0.2) is 0 Å². The third-order valence-electron chi connectivity index (χ3n) is 3.45. The molecule has 0 amide bonds. The summed E-state index contributed by atoms with van der Waals surface area (Å²) in [5.74, 6) is 3.14. The summed E-state index contributed by atoms with van der Waals surface area (Å²) in [5, 5.41) is 13.0. The van der Waals surface area contributed by atoms with Gasteiger partial charge in [-0.1, -0.05) is 18.9 Å². The topological polar surface area (TPSA) is 32.3 Å². The summed E-state index contributed by atoms with van der Waals surface area (Å²) in [7, 11) is 0. The van der Waals surface area contributed by atoms with Gasteiger partial charge >= 0.3 is 0 Å². The van der Waals surface area contributed by atoms with Gasteiger partial charge < -0.3 is 5.11 Å². The molecule has 0 aliphatic heterocycles. The summed E-state index contributed by atoms with van der Waals surface area (Å²) in [5.41, 5.74) is 2.54. The molecule has 0 spiro atoms. The standard InChI is InChI=1S/C15H19NO/c1-3-12(4-2)16-15-7-5-6-11-10-13(17)8-9-14(11)15/h1,8-10,12,15-17H,4-7H2,2H3. The zero-order chi connectivity index (χ0) is 12.3. The fraction of sp³-hybridized carbons (Fsp3) is 0.467. The van der Waals surface area contributed by atoms with Crippen LogP contribution in [-0.4, -0.2) is 11.1 Å². The molecule has 0 saturated heterocycles. The molecule has 2 N–H and O–H groups in total. The Hall–Kier alpha value is -1.46. The first-order chi connectivity index (χ1) is 8.24. The second-order valence-electron chi connectivity index (χ2n) is 4.62. The summed E-state index contributed by atoms with van der Waals surface area (Å²) >= 11 is 0. The molecule has 2 nitrogen and oxygen atoms in total. The van der Waals surface area contributed by atoms with Crippen molar-refractivity contribution in [2.24, 2.45) is 0 Å². The first-order valence-electron chi connectivity index (χ1n) is 6.28. The van der Waals surface area contributed by atoms with Crippen LogP contribution in [0.4, 0.5) is 0 Å². The number of fused-ring (bicyclic) bond motifs is 1. The number of nitrogens with one attached hydrogen (secondary N) is 1. The van der Waals surface area contributed by atoms with Crippen LogP contribution in [0.25, 0.3) is 0 Å². The molecule has 17 heavy (non-hydrogen) atoms. The van der Waals surface area contributed by atoms with Gasteiger partial charge in [-0.3, -0.25) is 5.32 Å². The Labute approximate surface area is 103 Å². The van der Waals surface area contributed by atoms with E-state index in [1.807, 2.05) is 12.1 Å². The van der Waals surface area contributed by atoms with E-state index in [0.717, 1.165) is 25.7 Å². The number of rotatable bonds is 3. The SMILES string of the molecule is C#CC(CC)NC1CCCc2cc(O)ccc21. The maximum Gasteiger partial charge on any atom is 0.115 e. The fourth-order valence-electron chi connectivity index (χ4n) is 2.50. The highest BCUT2D eigenvalue weighted by molar-refractivity contribution is 5.38. The number of aryl methyl sites for hydroxylation is 1. The van der Waals surface area contributed by atoms with Gasteiger partial charge in [0.1, 0.15) is 5.75 Å². The fourth-order valence-corrected chi connectivity index (χ4v) is 2.50. The van der Waals surface area contributed by atoms with Crippen LogP contribution in [0.15, 0.2) is 18.2 Å². The van der Waals surface area contributed by atoms with Gasteiger partial charge in [-0.2, -0.15) is 0 Å². The van der Waals surface area contributed by atoms with Crippen LogP contribution in [0.1, 0.15) is 43.4 Å². The summed E-state index contributed by atoms with van der Waals surface area (Å²) in [4.78, 5) is 0. The highest BCUT2D eigenvalue weighted by Gasteiger charge is 2.21. The van der Waals surface area contributed by atoms with Crippen molar-refractivity contribution in [3.8, 4) is 18.1 Å². The van der Waals surface area contributed by atoms with Crippen molar-refractivity contribution < 1.29 is 5.11 Å². The molecule has 0 radical (unpaired) electrons. The Kier molecular flexibility index (Phi) is 3.71. The van der Waals surface area contributed by atoms with E-state index in [2.05, 4.69) is 18.2 Å². The van der Waals surface area contributed by atoms with E-state index >= 15 is 0 Å². The largest absolute Gasteiger partial charge is 0.508 e. The molecule has 2 unspecified atom stereocenters. The third-order valence-corrected chi connectivity index (χ3v) is 3.45. The molecule has 0 saturated carbocycles. The lowest BCUT2D eigenvalue weighted by Gasteiger charge is -2.28. The lowest BCUT2D eigenvalue weighted by Crippen LogP contribution is -2.33. The van der Waals surface area contributed by atoms with E-state index < -0.39 is 0 Å². The first kappa shape index (κ1) is 12.0. The van der Waals surface area contributed by atoms with Gasteiger partial charge in [0, 0.05) is 6.04 Å². The van der Waals surface area contributed by atoms with Gasteiger partial charge in [0.05, 0.1) is 6.04 Å². The van der Waals surface area contributed by atoms with Gasteiger partial charge in [-0.05, 0) is 48.9 Å². The van der Waals surface area contributed by atoms with Gasteiger partial charge in [0.25, 0.3) is 0 Å². The predicted molar refractivity (Wildman–Crippen MR) is 69.8 cm³/mol. The van der Waals surface area contributed by atoms with Crippen molar-refractivity contribution in [1.29, 1.82) is 0 Å². The van der Waals surface area contributed by atoms with Crippen LogP contribution >= 0.6 is 0 Å². The van der Waals surface area contributed by atoms with E-state index in [1.165, 1.54) is 11.1 Å². The number of terminal acetylenes is 1. The second-order valence-corrected chi connectivity index (χ2v) is 4.62. The highest BCUT2D eigenvalue weighted by Crippen LogP contribution is 2.32. The minimum Gasteiger partial charge on any atom is -0.508 e. The van der Waals surface area contributed by atoms with Crippen molar-refractivity contribution in [1.82, 2.24) is 5.32 Å². The number of aromatic hydroxyl groups is 1. The molecule has 1 aromatic rings. The zero-order valence-corrected chi connectivity index (χ0v) is 10.2. The summed E-state index contributed by atoms with van der Waals surface area (Å²) in [6.45, 7) is 2.10. The van der Waals surface area contributed by atoms with E-state index in [9.17, 15) is 5.11 Å². The molecule has 0 heterocycles. The highest BCUT2D eigenvalue weighted by atomic mass is 16.3. The van der Waals surface area contributed by atoms with E-state index in [-0.39, 0.29) is 6.04 Å². The summed E-state index contributed by atoms with van der Waals surface area (Å²) in [6.07, 6.45) is 9.76. The predicted octanol–water partition coefficient (Wildman–Crippen LogP) is 2.77. The van der Waals surface area contributed by atoms with Crippen LogP contribution in [-0.2, 0) is 6.42 Å². The van der Waals surface area contributed by atoms with Crippen molar-refractivity contribution in [2.75, 3.05) is 0 Å². The Bertz CT molecular complexity index is 433. The van der Waals surface area contributed by atoms with Crippen LogP contribution in [0, 0.1) is 12.3 Å². The Balaban J connectivity index is 2.20. The molecular formula is C15H19NO. The molecule has 2 rings (SSSR count). The number of benzene rings is 1. The van der Waals surface area contributed by atoms with Crippen LogP contribution < -0.4 is 5.32 Å². The minimum atomic E-state index is 0.139. The lowest BCUT2D eigenvalue weighted by atomic mass is 9.87. The Morgan fingerprint density at radius 3 is 3.12 bits per heavy atom. The molecule has 2 heteroatoms. The lowest BCUT2D eigenvalue weighted by molar-refractivity contribution is 0.424. The van der Waals surface area contributed by atoms with Gasteiger partial charge in [-0.15, -0.1) is 6.42 Å². The van der Waals surface area contributed by atoms with E-state index in [1.54, 1.807) is 6.07 Å². The first-order valence-corrected chi connectivity index (χ1v) is 6.28. The smallest absolute Gasteiger partial charge is 0.115 e. The average Bonchev–Trinajstić information content (AvgIpc) is 2.35. The monoisotopic (exact) mass is 229 g/mol. The number of hydrogen-bond donors (Lipinski definition) is 2. The number of phenolic OH excluding ortho intramolecular Hbond substituents is 1. The maximum absolute atomic E-state index is 9.50. The minimum absolute atomic E-state index is 0.139. The third kappa shape index (κ3) is 2.62. The van der Waals surface area contributed by atoms with Crippen molar-refractivity contribution in [3.63, 3.8) is 0 Å². The van der Waals surface area contributed by atoms with Crippen LogP contribution in [0.3, 0.4) is 0 Å². The zero-order valence-electron chi connectivity index (χ0n) is 10.2. The van der Waals surface area contributed by atoms with Crippen molar-refractivity contribution >= 4 is 0 Å². The molecule has 1 aliphatic rings. The van der Waals surface area contributed by atoms with E-state index in [4.69, 9.17) is 6.42 Å². The molecule has 0 fully saturated rings. The van der Waals surface area contributed by atoms with Gasteiger partial charge in [0.2, 0.25) is 0 Å². The quantitative estimate of drug-likeness (QED) is 0.781.